The van der Waals surface area contributed by atoms with Gasteiger partial charge in [-0.2, -0.15) is 0 Å². The molecular weight excluding hydrogens is 448 g/mol. The van der Waals surface area contributed by atoms with E-state index in [9.17, 15) is 9.59 Å². The lowest BCUT2D eigenvalue weighted by Crippen LogP contribution is -2.27. The van der Waals surface area contributed by atoms with Gasteiger partial charge in [0.05, 0.1) is 17.8 Å². The van der Waals surface area contributed by atoms with Crippen molar-refractivity contribution in [2.24, 2.45) is 0 Å². The normalized spacial score (nSPS) is 14.0. The molecule has 9 heteroatoms. The largest absolute Gasteiger partial charge is 0.336 e. The highest BCUT2D eigenvalue weighted by molar-refractivity contribution is 9.11. The molecule has 1 aliphatic heterocycles. The van der Waals surface area contributed by atoms with Gasteiger partial charge >= 0.3 is 6.03 Å². The number of nitrogens with zero attached hydrogens (tertiary/aromatic N) is 2. The zero-order valence-electron chi connectivity index (χ0n) is 11.8. The van der Waals surface area contributed by atoms with Gasteiger partial charge in [-0.15, -0.1) is 11.3 Å². The topological polar surface area (TPSA) is 74.3 Å². The van der Waals surface area contributed by atoms with Crippen LogP contribution in [0.5, 0.6) is 0 Å². The van der Waals surface area contributed by atoms with Gasteiger partial charge in [-0.05, 0) is 34.1 Å². The summed E-state index contributed by atoms with van der Waals surface area (Å²) in [4.78, 5) is 29.7. The van der Waals surface area contributed by atoms with Crippen molar-refractivity contribution in [2.45, 2.75) is 6.42 Å². The van der Waals surface area contributed by atoms with E-state index in [0.29, 0.717) is 29.6 Å². The molecule has 3 rings (SSSR count). The Labute approximate surface area is 153 Å². The monoisotopic (exact) mass is 458 g/mol. The van der Waals surface area contributed by atoms with E-state index < -0.39 is 0 Å². The first-order valence-electron chi connectivity index (χ1n) is 6.77. The standard InChI is InChI=1S/C14H12Br2N4O2S/c15-8-1-2-10(16)11(5-8)19-12(21)6-9-7-23-14(18-9)20-4-3-17-13(20)22/h1-2,5,7H,3-4,6H2,(H,17,22)(H,19,21). The summed E-state index contributed by atoms with van der Waals surface area (Å²) in [5.41, 5.74) is 1.34. The average molecular weight is 460 g/mol. The number of aromatic nitrogens is 1. The minimum atomic E-state index is -0.161. The van der Waals surface area contributed by atoms with Crippen molar-refractivity contribution in [1.82, 2.24) is 10.3 Å². The molecule has 0 radical (unpaired) electrons. The van der Waals surface area contributed by atoms with E-state index in [4.69, 9.17) is 0 Å². The van der Waals surface area contributed by atoms with Crippen molar-refractivity contribution in [2.75, 3.05) is 23.3 Å². The number of halogens is 2. The third-order valence-electron chi connectivity index (χ3n) is 3.17. The van der Waals surface area contributed by atoms with Crippen molar-refractivity contribution < 1.29 is 9.59 Å². The van der Waals surface area contributed by atoms with Crippen LogP contribution in [0, 0.1) is 0 Å². The second-order valence-electron chi connectivity index (χ2n) is 4.85. The van der Waals surface area contributed by atoms with Crippen LogP contribution in [0.3, 0.4) is 0 Å². The number of nitrogens with one attached hydrogen (secondary N) is 2. The smallest absolute Gasteiger partial charge is 0.323 e. The lowest BCUT2D eigenvalue weighted by molar-refractivity contribution is -0.115. The Morgan fingerprint density at radius 2 is 2.26 bits per heavy atom. The molecule has 120 valence electrons. The van der Waals surface area contributed by atoms with E-state index in [2.05, 4.69) is 47.5 Å². The number of carbonyl (C=O) groups is 2. The van der Waals surface area contributed by atoms with Gasteiger partial charge < -0.3 is 10.6 Å². The molecule has 6 nitrogen and oxygen atoms in total. The number of amides is 3. The van der Waals surface area contributed by atoms with Gasteiger partial charge in [0, 0.05) is 27.4 Å². The van der Waals surface area contributed by atoms with Gasteiger partial charge in [0.25, 0.3) is 0 Å². The van der Waals surface area contributed by atoms with Crippen LogP contribution in [0.1, 0.15) is 5.69 Å². The van der Waals surface area contributed by atoms with E-state index >= 15 is 0 Å². The first-order valence-corrected chi connectivity index (χ1v) is 9.24. The first kappa shape index (κ1) is 16.4. The van der Waals surface area contributed by atoms with Crippen LogP contribution < -0.4 is 15.5 Å². The molecule has 0 saturated carbocycles. The summed E-state index contributed by atoms with van der Waals surface area (Å²) in [6, 6.07) is 5.41. The number of urea groups is 1. The lowest BCUT2D eigenvalue weighted by atomic mass is 10.3. The molecule has 2 aromatic rings. The quantitative estimate of drug-likeness (QED) is 0.735. The third-order valence-corrected chi connectivity index (χ3v) is 5.27. The summed E-state index contributed by atoms with van der Waals surface area (Å²) in [5, 5.41) is 7.99. The summed E-state index contributed by atoms with van der Waals surface area (Å²) in [7, 11) is 0. The predicted octanol–water partition coefficient (Wildman–Crippen LogP) is 3.38. The molecule has 1 fully saturated rings. The summed E-state index contributed by atoms with van der Waals surface area (Å²) in [5.74, 6) is -0.161. The zero-order valence-corrected chi connectivity index (χ0v) is 15.8. The Kier molecular flexibility index (Phi) is 4.98. The Hall–Kier alpha value is -1.45. The summed E-state index contributed by atoms with van der Waals surface area (Å²) >= 11 is 8.13. The Morgan fingerprint density at radius 1 is 1.43 bits per heavy atom. The molecule has 0 bridgehead atoms. The molecule has 23 heavy (non-hydrogen) atoms. The molecule has 1 aromatic carbocycles. The van der Waals surface area contributed by atoms with Crippen LogP contribution in [0.2, 0.25) is 0 Å². The maximum Gasteiger partial charge on any atom is 0.323 e. The van der Waals surface area contributed by atoms with Gasteiger partial charge in [-0.25, -0.2) is 9.78 Å². The third kappa shape index (κ3) is 3.91. The summed E-state index contributed by atoms with van der Waals surface area (Å²) < 4.78 is 1.69. The van der Waals surface area contributed by atoms with E-state index in [0.717, 1.165) is 8.95 Å². The van der Waals surface area contributed by atoms with Crippen molar-refractivity contribution >= 4 is 66.0 Å². The van der Waals surface area contributed by atoms with Crippen LogP contribution in [-0.2, 0) is 11.2 Å². The van der Waals surface area contributed by atoms with Crippen LogP contribution in [0.15, 0.2) is 32.5 Å². The van der Waals surface area contributed by atoms with Crippen LogP contribution in [-0.4, -0.2) is 30.0 Å². The number of carbonyl (C=O) groups excluding carboxylic acids is 2. The number of rotatable bonds is 4. The van der Waals surface area contributed by atoms with E-state index in [1.165, 1.54) is 11.3 Å². The minimum Gasteiger partial charge on any atom is -0.336 e. The second-order valence-corrected chi connectivity index (χ2v) is 7.46. The molecule has 3 amide bonds. The predicted molar refractivity (Wildman–Crippen MR) is 97.0 cm³/mol. The molecule has 0 unspecified atom stereocenters. The van der Waals surface area contributed by atoms with Crippen LogP contribution >= 0.6 is 43.2 Å². The fourth-order valence-corrected chi connectivity index (χ4v) is 3.66. The van der Waals surface area contributed by atoms with E-state index in [1.54, 1.807) is 10.3 Å². The average Bonchev–Trinajstić information content (AvgIpc) is 3.11. The highest BCUT2D eigenvalue weighted by atomic mass is 79.9. The summed E-state index contributed by atoms with van der Waals surface area (Å²) in [6.07, 6.45) is 0.158. The molecular formula is C14H12Br2N4O2S. The van der Waals surface area contributed by atoms with Crippen LogP contribution in [0.4, 0.5) is 15.6 Å². The number of thiazole rings is 1. The Bertz CT molecular complexity index is 765. The van der Waals surface area contributed by atoms with Crippen molar-refractivity contribution in [3.8, 4) is 0 Å². The van der Waals surface area contributed by atoms with Crippen molar-refractivity contribution in [3.05, 3.63) is 38.2 Å². The Morgan fingerprint density at radius 3 is 3.00 bits per heavy atom. The number of benzene rings is 1. The SMILES string of the molecule is O=C(Cc1csc(N2CCNC2=O)n1)Nc1cc(Br)ccc1Br. The molecule has 0 spiro atoms. The van der Waals surface area contributed by atoms with Crippen molar-refractivity contribution in [1.29, 1.82) is 0 Å². The van der Waals surface area contributed by atoms with Gasteiger partial charge in [0.1, 0.15) is 0 Å². The maximum absolute atomic E-state index is 12.2. The summed E-state index contributed by atoms with van der Waals surface area (Å²) in [6.45, 7) is 1.22. The van der Waals surface area contributed by atoms with E-state index in [1.807, 2.05) is 18.2 Å². The molecule has 0 aliphatic carbocycles. The molecule has 1 saturated heterocycles. The first-order chi connectivity index (χ1) is 11.0. The highest BCUT2D eigenvalue weighted by Crippen LogP contribution is 2.27. The lowest BCUT2D eigenvalue weighted by Gasteiger charge is -2.09. The fraction of sp³-hybridized carbons (Fsp3) is 0.214. The number of anilines is 2. The van der Waals surface area contributed by atoms with Crippen molar-refractivity contribution in [3.63, 3.8) is 0 Å². The molecule has 2 heterocycles. The maximum atomic E-state index is 12.2. The number of hydrogen-bond donors (Lipinski definition) is 2. The van der Waals surface area contributed by atoms with Gasteiger partial charge in [-0.3, -0.25) is 9.69 Å². The van der Waals surface area contributed by atoms with Gasteiger partial charge in [-0.1, -0.05) is 15.9 Å². The Balaban J connectivity index is 1.65. The zero-order chi connectivity index (χ0) is 16.4. The van der Waals surface area contributed by atoms with Gasteiger partial charge in [0.15, 0.2) is 5.13 Å². The minimum absolute atomic E-state index is 0.145. The molecule has 1 aromatic heterocycles. The highest BCUT2D eigenvalue weighted by Gasteiger charge is 2.24. The fourth-order valence-electron chi connectivity index (χ4n) is 2.11. The molecule has 0 atom stereocenters. The second kappa shape index (κ2) is 6.98. The van der Waals surface area contributed by atoms with Gasteiger partial charge in [0.2, 0.25) is 5.91 Å². The van der Waals surface area contributed by atoms with Crippen LogP contribution in [0.25, 0.3) is 0 Å². The van der Waals surface area contributed by atoms with E-state index in [-0.39, 0.29) is 18.4 Å². The molecule has 2 N–H and O–H groups in total. The molecule has 1 aliphatic rings. The number of hydrogen-bond acceptors (Lipinski definition) is 4.